The third-order valence-corrected chi connectivity index (χ3v) is 5.21. The molecule has 0 aromatic heterocycles. The molecule has 1 aliphatic rings. The van der Waals surface area contributed by atoms with Gasteiger partial charge in [-0.25, -0.2) is 8.42 Å². The summed E-state index contributed by atoms with van der Waals surface area (Å²) in [5.41, 5.74) is 0.883. The van der Waals surface area contributed by atoms with E-state index < -0.39 is 9.84 Å². The van der Waals surface area contributed by atoms with E-state index in [1.165, 1.54) is 0 Å². The van der Waals surface area contributed by atoms with Crippen molar-refractivity contribution < 1.29 is 13.2 Å². The molecule has 0 aliphatic carbocycles. The highest BCUT2D eigenvalue weighted by atomic mass is 35.5. The number of sulfone groups is 1. The van der Waals surface area contributed by atoms with Crippen LogP contribution in [0.3, 0.4) is 0 Å². The van der Waals surface area contributed by atoms with Gasteiger partial charge in [0, 0.05) is 17.9 Å². The number of rotatable bonds is 4. The van der Waals surface area contributed by atoms with E-state index in [9.17, 15) is 13.2 Å². The Morgan fingerprint density at radius 2 is 2.17 bits per heavy atom. The van der Waals surface area contributed by atoms with Crippen molar-refractivity contribution in [1.82, 2.24) is 0 Å². The molecule has 0 saturated carbocycles. The Morgan fingerprint density at radius 1 is 1.39 bits per heavy atom. The molecule has 5 heteroatoms. The van der Waals surface area contributed by atoms with Crippen LogP contribution in [0.15, 0.2) is 24.3 Å². The van der Waals surface area contributed by atoms with Gasteiger partial charge in [-0.2, -0.15) is 0 Å². The van der Waals surface area contributed by atoms with E-state index in [1.54, 1.807) is 12.1 Å². The zero-order valence-electron chi connectivity index (χ0n) is 9.93. The molecule has 3 nitrogen and oxygen atoms in total. The van der Waals surface area contributed by atoms with Crippen LogP contribution < -0.4 is 0 Å². The Hall–Kier alpha value is -0.870. The Balaban J connectivity index is 1.90. The zero-order valence-corrected chi connectivity index (χ0v) is 11.5. The molecule has 18 heavy (non-hydrogen) atoms. The molecular weight excluding hydrogens is 272 g/mol. The molecule has 1 heterocycles. The predicted molar refractivity (Wildman–Crippen MR) is 71.5 cm³/mol. The topological polar surface area (TPSA) is 51.2 Å². The number of hydrogen-bond donors (Lipinski definition) is 0. The maximum Gasteiger partial charge on any atom is 0.150 e. The third-order valence-electron chi connectivity index (χ3n) is 3.13. The van der Waals surface area contributed by atoms with Crippen molar-refractivity contribution in [3.63, 3.8) is 0 Å². The summed E-state index contributed by atoms with van der Waals surface area (Å²) in [6.07, 6.45) is 1.30. The summed E-state index contributed by atoms with van der Waals surface area (Å²) < 4.78 is 22.6. The van der Waals surface area contributed by atoms with Crippen molar-refractivity contribution >= 4 is 27.2 Å². The van der Waals surface area contributed by atoms with E-state index >= 15 is 0 Å². The molecular formula is C13H15ClO3S. The monoisotopic (exact) mass is 286 g/mol. The highest BCUT2D eigenvalue weighted by Crippen LogP contribution is 2.22. The Labute approximate surface area is 112 Å². The van der Waals surface area contributed by atoms with Crippen LogP contribution in [0.1, 0.15) is 18.4 Å². The first-order chi connectivity index (χ1) is 8.44. The van der Waals surface area contributed by atoms with Gasteiger partial charge in [0.1, 0.15) is 5.78 Å². The lowest BCUT2D eigenvalue weighted by Gasteiger charge is -2.06. The maximum absolute atomic E-state index is 11.9. The Morgan fingerprint density at radius 3 is 2.78 bits per heavy atom. The summed E-state index contributed by atoms with van der Waals surface area (Å²) in [5.74, 6) is 0.470. The Bertz CT molecular complexity index is 551. The first-order valence-corrected chi connectivity index (χ1v) is 8.11. The van der Waals surface area contributed by atoms with Crippen molar-refractivity contribution in [1.29, 1.82) is 0 Å². The molecule has 98 valence electrons. The van der Waals surface area contributed by atoms with Gasteiger partial charge < -0.3 is 0 Å². The predicted octanol–water partition coefficient (Wildman–Crippen LogP) is 2.28. The smallest absolute Gasteiger partial charge is 0.150 e. The van der Waals surface area contributed by atoms with Crippen LogP contribution in [-0.2, 0) is 21.1 Å². The number of benzene rings is 1. The average molecular weight is 287 g/mol. The second-order valence-electron chi connectivity index (χ2n) is 4.82. The fourth-order valence-electron chi connectivity index (χ4n) is 2.30. The molecule has 1 unspecified atom stereocenters. The lowest BCUT2D eigenvalue weighted by molar-refractivity contribution is -0.119. The summed E-state index contributed by atoms with van der Waals surface area (Å²) in [7, 11) is -2.89. The number of halogens is 1. The van der Waals surface area contributed by atoms with Crippen molar-refractivity contribution in [3.8, 4) is 0 Å². The lowest BCUT2D eigenvalue weighted by atomic mass is 9.98. The van der Waals surface area contributed by atoms with Gasteiger partial charge in [-0.3, -0.25) is 4.79 Å². The van der Waals surface area contributed by atoms with Crippen molar-refractivity contribution in [2.24, 2.45) is 5.92 Å². The molecule has 0 N–H and O–H groups in total. The Kier molecular flexibility index (Phi) is 4.07. The van der Waals surface area contributed by atoms with Crippen LogP contribution in [-0.4, -0.2) is 25.7 Å². The summed E-state index contributed by atoms with van der Waals surface area (Å²) in [6, 6.07) is 7.20. The van der Waals surface area contributed by atoms with Crippen LogP contribution >= 0.6 is 11.6 Å². The summed E-state index contributed by atoms with van der Waals surface area (Å²) in [6.45, 7) is 0. The highest BCUT2D eigenvalue weighted by Gasteiger charge is 2.29. The highest BCUT2D eigenvalue weighted by molar-refractivity contribution is 7.91. The van der Waals surface area contributed by atoms with E-state index in [0.29, 0.717) is 24.3 Å². The van der Waals surface area contributed by atoms with Gasteiger partial charge in [0.05, 0.1) is 11.5 Å². The quantitative estimate of drug-likeness (QED) is 0.853. The van der Waals surface area contributed by atoms with Crippen molar-refractivity contribution in [2.45, 2.75) is 19.3 Å². The van der Waals surface area contributed by atoms with E-state index in [1.807, 2.05) is 12.1 Å². The fourth-order valence-corrected chi connectivity index (χ4v) is 4.38. The molecule has 1 saturated heterocycles. The van der Waals surface area contributed by atoms with Gasteiger partial charge in [-0.05, 0) is 30.0 Å². The largest absolute Gasteiger partial charge is 0.299 e. The van der Waals surface area contributed by atoms with Crippen LogP contribution in [0.2, 0.25) is 5.02 Å². The SMILES string of the molecule is O=C(Cc1cccc(Cl)c1)CC1CCS(=O)(=O)C1. The van der Waals surface area contributed by atoms with Crippen LogP contribution in [0, 0.1) is 5.92 Å². The molecule has 1 atom stereocenters. The van der Waals surface area contributed by atoms with Gasteiger partial charge in [0.25, 0.3) is 0 Å². The van der Waals surface area contributed by atoms with Gasteiger partial charge >= 0.3 is 0 Å². The zero-order chi connectivity index (χ0) is 13.2. The van der Waals surface area contributed by atoms with E-state index in [2.05, 4.69) is 0 Å². The normalized spacial score (nSPS) is 21.9. The van der Waals surface area contributed by atoms with E-state index in [0.717, 1.165) is 5.56 Å². The molecule has 1 aromatic carbocycles. The molecule has 2 rings (SSSR count). The number of carbonyl (C=O) groups is 1. The minimum Gasteiger partial charge on any atom is -0.299 e. The summed E-state index contributed by atoms with van der Waals surface area (Å²) >= 11 is 5.85. The van der Waals surface area contributed by atoms with Crippen molar-refractivity contribution in [3.05, 3.63) is 34.9 Å². The van der Waals surface area contributed by atoms with Crippen LogP contribution in [0.25, 0.3) is 0 Å². The van der Waals surface area contributed by atoms with E-state index in [-0.39, 0.29) is 23.2 Å². The molecule has 0 spiro atoms. The van der Waals surface area contributed by atoms with Crippen LogP contribution in [0.4, 0.5) is 0 Å². The molecule has 1 aliphatic heterocycles. The third kappa shape index (κ3) is 3.82. The fraction of sp³-hybridized carbons (Fsp3) is 0.462. The number of Topliss-reactive ketones (excluding diaryl/α,β-unsaturated/α-hetero) is 1. The average Bonchev–Trinajstić information content (AvgIpc) is 2.57. The standard InChI is InChI=1S/C13H15ClO3S/c14-12-3-1-2-10(6-12)7-13(15)8-11-4-5-18(16,17)9-11/h1-3,6,11H,4-5,7-9H2. The second kappa shape index (κ2) is 5.41. The van der Waals surface area contributed by atoms with Gasteiger partial charge in [0.15, 0.2) is 9.84 Å². The summed E-state index contributed by atoms with van der Waals surface area (Å²) in [4.78, 5) is 11.9. The number of carbonyl (C=O) groups excluding carboxylic acids is 1. The minimum absolute atomic E-state index is 0.00156. The molecule has 1 fully saturated rings. The minimum atomic E-state index is -2.89. The van der Waals surface area contributed by atoms with Gasteiger partial charge in [-0.15, -0.1) is 0 Å². The summed E-state index contributed by atoms with van der Waals surface area (Å²) in [5, 5.41) is 0.615. The van der Waals surface area contributed by atoms with E-state index in [4.69, 9.17) is 11.6 Å². The number of hydrogen-bond acceptors (Lipinski definition) is 3. The second-order valence-corrected chi connectivity index (χ2v) is 7.48. The first-order valence-electron chi connectivity index (χ1n) is 5.91. The number of ketones is 1. The molecule has 0 amide bonds. The van der Waals surface area contributed by atoms with Crippen molar-refractivity contribution in [2.75, 3.05) is 11.5 Å². The molecule has 0 radical (unpaired) electrons. The molecule has 0 bridgehead atoms. The van der Waals surface area contributed by atoms with Gasteiger partial charge in [-0.1, -0.05) is 23.7 Å². The van der Waals surface area contributed by atoms with Gasteiger partial charge in [0.2, 0.25) is 0 Å². The van der Waals surface area contributed by atoms with Crippen LogP contribution in [0.5, 0.6) is 0 Å². The maximum atomic E-state index is 11.9. The lowest BCUT2D eigenvalue weighted by Crippen LogP contribution is -2.12. The first kappa shape index (κ1) is 13.6. The molecule has 1 aromatic rings.